The highest BCUT2D eigenvalue weighted by atomic mass is 35.5. The van der Waals surface area contributed by atoms with Gasteiger partial charge < -0.3 is 5.11 Å². The molecule has 1 heterocycles. The predicted octanol–water partition coefficient (Wildman–Crippen LogP) is 5.25. The first-order chi connectivity index (χ1) is 16.6. The van der Waals surface area contributed by atoms with Crippen LogP contribution in [0.4, 0.5) is 0 Å². The van der Waals surface area contributed by atoms with Crippen LogP contribution in [0.25, 0.3) is 11.1 Å². The third-order valence-electron chi connectivity index (χ3n) is 6.02. The normalized spacial score (nSPS) is 16.3. The van der Waals surface area contributed by atoms with E-state index in [4.69, 9.17) is 23.2 Å². The Morgan fingerprint density at radius 2 is 1.43 bits per heavy atom. The Labute approximate surface area is 214 Å². The van der Waals surface area contributed by atoms with Crippen LogP contribution in [-0.4, -0.2) is 42.2 Å². The fourth-order valence-corrected chi connectivity index (χ4v) is 6.18. The highest BCUT2D eigenvalue weighted by Gasteiger charge is 2.39. The highest BCUT2D eigenvalue weighted by molar-refractivity contribution is 7.89. The van der Waals surface area contributed by atoms with Gasteiger partial charge in [0.25, 0.3) is 0 Å². The van der Waals surface area contributed by atoms with Crippen molar-refractivity contribution in [3.63, 3.8) is 0 Å². The SMILES string of the molecule is O=C(Cc1ccc(-c2ccc(S(=O)(=O)N3CCC[C@H]3C(=O)O)cc2)cc1)Cc1ccc(Cl)c(Cl)c1. The molecule has 1 aliphatic rings. The molecule has 3 aromatic rings. The van der Waals surface area contributed by atoms with Gasteiger partial charge >= 0.3 is 5.97 Å². The Kier molecular flexibility index (Phi) is 7.62. The minimum Gasteiger partial charge on any atom is -0.480 e. The van der Waals surface area contributed by atoms with Crippen molar-refractivity contribution in [2.24, 2.45) is 0 Å². The van der Waals surface area contributed by atoms with Gasteiger partial charge in [0.2, 0.25) is 10.0 Å². The number of halogens is 2. The van der Waals surface area contributed by atoms with Crippen molar-refractivity contribution >= 4 is 45.0 Å². The second-order valence-electron chi connectivity index (χ2n) is 8.47. The third-order valence-corrected chi connectivity index (χ3v) is 8.68. The van der Waals surface area contributed by atoms with Gasteiger partial charge in [0.1, 0.15) is 11.8 Å². The van der Waals surface area contributed by atoms with E-state index in [2.05, 4.69) is 0 Å². The van der Waals surface area contributed by atoms with Crippen LogP contribution >= 0.6 is 23.2 Å². The van der Waals surface area contributed by atoms with E-state index in [1.807, 2.05) is 24.3 Å². The molecule has 0 amide bonds. The molecule has 182 valence electrons. The molecule has 1 aliphatic heterocycles. The zero-order chi connectivity index (χ0) is 25.2. The van der Waals surface area contributed by atoms with Crippen LogP contribution in [0.15, 0.2) is 71.6 Å². The number of Topliss-reactive ketones (excluding diaryl/α,β-unsaturated/α-hetero) is 1. The summed E-state index contributed by atoms with van der Waals surface area (Å²) in [6, 6.07) is 18.0. The van der Waals surface area contributed by atoms with E-state index >= 15 is 0 Å². The van der Waals surface area contributed by atoms with Crippen molar-refractivity contribution in [3.05, 3.63) is 87.9 Å². The number of carboxylic acids is 1. The number of ketones is 1. The van der Waals surface area contributed by atoms with E-state index in [1.165, 1.54) is 12.1 Å². The van der Waals surface area contributed by atoms with Gasteiger partial charge in [0.15, 0.2) is 0 Å². The molecule has 4 rings (SSSR count). The summed E-state index contributed by atoms with van der Waals surface area (Å²) >= 11 is 11.9. The maximum Gasteiger partial charge on any atom is 0.322 e. The average Bonchev–Trinajstić information content (AvgIpc) is 3.34. The number of sulfonamides is 1. The first kappa shape index (κ1) is 25.4. The van der Waals surface area contributed by atoms with E-state index in [0.717, 1.165) is 26.6 Å². The number of aliphatic carboxylic acids is 1. The predicted molar refractivity (Wildman–Crippen MR) is 135 cm³/mol. The molecule has 35 heavy (non-hydrogen) atoms. The number of carbonyl (C=O) groups excluding carboxylic acids is 1. The van der Waals surface area contributed by atoms with E-state index in [1.54, 1.807) is 30.3 Å². The zero-order valence-corrected chi connectivity index (χ0v) is 21.0. The van der Waals surface area contributed by atoms with Crippen LogP contribution in [0.5, 0.6) is 0 Å². The number of nitrogens with zero attached hydrogens (tertiary/aromatic N) is 1. The molecule has 0 aliphatic carbocycles. The number of hydrogen-bond acceptors (Lipinski definition) is 4. The Morgan fingerprint density at radius 1 is 0.857 bits per heavy atom. The lowest BCUT2D eigenvalue weighted by Gasteiger charge is -2.21. The summed E-state index contributed by atoms with van der Waals surface area (Å²) < 4.78 is 26.9. The summed E-state index contributed by atoms with van der Waals surface area (Å²) in [5.41, 5.74) is 3.36. The zero-order valence-electron chi connectivity index (χ0n) is 18.7. The largest absolute Gasteiger partial charge is 0.480 e. The van der Waals surface area contributed by atoms with E-state index in [0.29, 0.717) is 22.9 Å². The van der Waals surface area contributed by atoms with Crippen LogP contribution in [0, 0.1) is 0 Å². The third kappa shape index (κ3) is 5.76. The van der Waals surface area contributed by atoms with Crippen molar-refractivity contribution in [2.75, 3.05) is 6.54 Å². The van der Waals surface area contributed by atoms with Crippen LogP contribution in [-0.2, 0) is 32.5 Å². The number of carboxylic acid groups (broad SMARTS) is 1. The quantitative estimate of drug-likeness (QED) is 0.428. The highest BCUT2D eigenvalue weighted by Crippen LogP contribution is 2.28. The van der Waals surface area contributed by atoms with Crippen LogP contribution in [0.2, 0.25) is 10.0 Å². The number of rotatable bonds is 8. The van der Waals surface area contributed by atoms with Gasteiger partial charge in [-0.2, -0.15) is 4.31 Å². The van der Waals surface area contributed by atoms with Crippen molar-refractivity contribution in [1.82, 2.24) is 4.31 Å². The van der Waals surface area contributed by atoms with E-state index in [-0.39, 0.29) is 30.1 Å². The van der Waals surface area contributed by atoms with Gasteiger partial charge in [-0.25, -0.2) is 8.42 Å². The molecular weight excluding hydrogens is 509 g/mol. The Morgan fingerprint density at radius 3 is 2.03 bits per heavy atom. The Bertz CT molecular complexity index is 1360. The molecule has 1 fully saturated rings. The van der Waals surface area contributed by atoms with Gasteiger partial charge in [0, 0.05) is 19.4 Å². The smallest absolute Gasteiger partial charge is 0.322 e. The molecule has 0 spiro atoms. The maximum atomic E-state index is 12.9. The van der Waals surface area contributed by atoms with Crippen molar-refractivity contribution in [2.45, 2.75) is 36.6 Å². The molecule has 1 N–H and O–H groups in total. The van der Waals surface area contributed by atoms with Gasteiger partial charge in [-0.1, -0.05) is 65.7 Å². The molecule has 0 saturated carbocycles. The first-order valence-electron chi connectivity index (χ1n) is 11.0. The van der Waals surface area contributed by atoms with E-state index < -0.39 is 22.0 Å². The Balaban J connectivity index is 1.42. The fourth-order valence-electron chi connectivity index (χ4n) is 4.21. The summed E-state index contributed by atoms with van der Waals surface area (Å²) in [6.45, 7) is 0.201. The lowest BCUT2D eigenvalue weighted by Crippen LogP contribution is -2.40. The van der Waals surface area contributed by atoms with Crippen molar-refractivity contribution < 1.29 is 23.1 Å². The Hall–Kier alpha value is -2.71. The lowest BCUT2D eigenvalue weighted by atomic mass is 9.99. The maximum absolute atomic E-state index is 12.9. The average molecular weight is 532 g/mol. The molecule has 6 nitrogen and oxygen atoms in total. The van der Waals surface area contributed by atoms with Gasteiger partial charge in [-0.05, 0) is 59.4 Å². The van der Waals surface area contributed by atoms with Crippen molar-refractivity contribution in [1.29, 1.82) is 0 Å². The second-order valence-corrected chi connectivity index (χ2v) is 11.2. The fraction of sp³-hybridized carbons (Fsp3) is 0.231. The van der Waals surface area contributed by atoms with Gasteiger partial charge in [-0.3, -0.25) is 9.59 Å². The molecule has 0 bridgehead atoms. The molecule has 0 aromatic heterocycles. The first-order valence-corrected chi connectivity index (χ1v) is 13.2. The minimum atomic E-state index is -3.88. The van der Waals surface area contributed by atoms with Crippen LogP contribution < -0.4 is 0 Å². The summed E-state index contributed by atoms with van der Waals surface area (Å²) in [4.78, 5) is 23.9. The molecule has 3 aromatic carbocycles. The standard InChI is InChI=1S/C26H23Cl2NO5S/c27-23-12-5-18(16-24(23)28)15-21(30)14-17-3-6-19(7-4-17)20-8-10-22(11-9-20)35(33,34)29-13-1-2-25(29)26(31)32/h3-12,16,25H,1-2,13-15H2,(H,31,32)/t25-/m0/s1. The molecule has 1 atom stereocenters. The summed E-state index contributed by atoms with van der Waals surface area (Å²) in [5.74, 6) is -1.08. The molecule has 0 unspecified atom stereocenters. The van der Waals surface area contributed by atoms with Gasteiger partial charge in [-0.15, -0.1) is 0 Å². The van der Waals surface area contributed by atoms with Crippen LogP contribution in [0.3, 0.4) is 0 Å². The topological polar surface area (TPSA) is 91.8 Å². The van der Waals surface area contributed by atoms with Gasteiger partial charge in [0.05, 0.1) is 14.9 Å². The van der Waals surface area contributed by atoms with E-state index in [9.17, 15) is 23.1 Å². The lowest BCUT2D eigenvalue weighted by molar-refractivity contribution is -0.140. The number of benzene rings is 3. The monoisotopic (exact) mass is 531 g/mol. The summed E-state index contributed by atoms with van der Waals surface area (Å²) in [6.07, 6.45) is 1.37. The molecule has 0 radical (unpaired) electrons. The number of hydrogen-bond donors (Lipinski definition) is 1. The second kappa shape index (κ2) is 10.5. The van der Waals surface area contributed by atoms with Crippen molar-refractivity contribution in [3.8, 4) is 11.1 Å². The number of carbonyl (C=O) groups is 2. The molecule has 9 heteroatoms. The van der Waals surface area contributed by atoms with Crippen LogP contribution in [0.1, 0.15) is 24.0 Å². The minimum absolute atomic E-state index is 0.0484. The summed E-state index contributed by atoms with van der Waals surface area (Å²) in [7, 11) is -3.88. The molecule has 1 saturated heterocycles. The molecular formula is C26H23Cl2NO5S. The summed E-state index contributed by atoms with van der Waals surface area (Å²) in [5, 5.41) is 10.2.